The van der Waals surface area contributed by atoms with E-state index >= 15 is 0 Å². The molecule has 4 aliphatic rings. The summed E-state index contributed by atoms with van der Waals surface area (Å²) in [7, 11) is 1.44. The molecule has 0 radical (unpaired) electrons. The quantitative estimate of drug-likeness (QED) is 0.364. The molecule has 6 rings (SSSR count). The van der Waals surface area contributed by atoms with Crippen molar-refractivity contribution in [3.05, 3.63) is 64.9 Å². The number of ketones is 1. The number of anilines is 1. The molecule has 0 aromatic heterocycles. The number of benzene rings is 2. The van der Waals surface area contributed by atoms with Gasteiger partial charge in [0.05, 0.1) is 7.11 Å². The van der Waals surface area contributed by atoms with Crippen LogP contribution in [0.1, 0.15) is 71.8 Å². The summed E-state index contributed by atoms with van der Waals surface area (Å²) in [6, 6.07) is 12.7. The molecule has 2 fully saturated rings. The lowest BCUT2D eigenvalue weighted by atomic mass is 9.63. The highest BCUT2D eigenvalue weighted by Gasteiger charge is 2.59. The maximum atomic E-state index is 13.9. The van der Waals surface area contributed by atoms with Crippen LogP contribution in [0.25, 0.3) is 10.8 Å². The van der Waals surface area contributed by atoms with Crippen LogP contribution in [0.3, 0.4) is 0 Å². The lowest BCUT2D eigenvalue weighted by Crippen LogP contribution is -2.44. The normalized spacial score (nSPS) is 32.9. The Kier molecular flexibility index (Phi) is 4.94. The number of Topliss-reactive ketones (excluding diaryl/α,β-unsaturated/α-hetero) is 1. The standard InChI is InChI=1S/C32H37NO3/c1-30(2)17-24(34)26-22(16-20-15-19-13-14-32(20,5)31(19,3)4)25-21-10-8-7-9-18(21)11-12-23(25)33-28(26)27(30)29(35)36-6/h7-12,16,19,22,27,33H,13-15,17H2,1-6H3/t19?,22-,27-,32?/m0/s1. The van der Waals surface area contributed by atoms with Crippen LogP contribution in [0, 0.1) is 28.1 Å². The van der Waals surface area contributed by atoms with Gasteiger partial charge in [-0.05, 0) is 63.8 Å². The van der Waals surface area contributed by atoms with Gasteiger partial charge in [-0.25, -0.2) is 0 Å². The highest BCUT2D eigenvalue weighted by atomic mass is 16.5. The lowest BCUT2D eigenvalue weighted by molar-refractivity contribution is -0.148. The predicted octanol–water partition coefficient (Wildman–Crippen LogP) is 7.16. The molecule has 4 heteroatoms. The second-order valence-corrected chi connectivity index (χ2v) is 12.9. The summed E-state index contributed by atoms with van der Waals surface area (Å²) < 4.78 is 5.28. The van der Waals surface area contributed by atoms with Crippen LogP contribution in [-0.4, -0.2) is 18.9 Å². The SMILES string of the molecule is COC(=O)[C@@H]1C2=C(C(=O)CC1(C)C)[C@@H](C=C1CC3CCC1(C)C3(C)C)c1c(ccc3ccccc13)N2. The molecular weight excluding hydrogens is 446 g/mol. The minimum Gasteiger partial charge on any atom is -0.468 e. The molecular formula is C32H37NO3. The molecule has 0 saturated heterocycles. The minimum absolute atomic E-state index is 0.132. The zero-order chi connectivity index (χ0) is 25.6. The van der Waals surface area contributed by atoms with Crippen molar-refractivity contribution in [2.45, 2.75) is 66.2 Å². The fraction of sp³-hybridized carbons (Fsp3) is 0.500. The third-order valence-corrected chi connectivity index (χ3v) is 10.6. The minimum atomic E-state index is -0.525. The Morgan fingerprint density at radius 1 is 1.08 bits per heavy atom. The number of rotatable bonds is 2. The first kappa shape index (κ1) is 23.5. The van der Waals surface area contributed by atoms with Crippen molar-refractivity contribution in [2.24, 2.45) is 28.1 Å². The first-order chi connectivity index (χ1) is 17.0. The maximum Gasteiger partial charge on any atom is 0.315 e. The van der Waals surface area contributed by atoms with Crippen LogP contribution in [0.2, 0.25) is 0 Å². The Bertz CT molecular complexity index is 1380. The molecule has 0 amide bonds. The average molecular weight is 484 g/mol. The van der Waals surface area contributed by atoms with Crippen molar-refractivity contribution >= 4 is 28.2 Å². The first-order valence-electron chi connectivity index (χ1n) is 13.3. The van der Waals surface area contributed by atoms with E-state index in [1.807, 2.05) is 13.8 Å². The van der Waals surface area contributed by atoms with Gasteiger partial charge in [-0.1, -0.05) is 76.6 Å². The number of carbonyl (C=O) groups is 2. The van der Waals surface area contributed by atoms with Gasteiger partial charge in [0.15, 0.2) is 5.78 Å². The van der Waals surface area contributed by atoms with Gasteiger partial charge in [0.2, 0.25) is 0 Å². The van der Waals surface area contributed by atoms with E-state index in [1.54, 1.807) is 0 Å². The van der Waals surface area contributed by atoms with Gasteiger partial charge in [0, 0.05) is 29.3 Å². The molecule has 2 aromatic carbocycles. The number of allylic oxidation sites excluding steroid dienone is 3. The van der Waals surface area contributed by atoms with Crippen molar-refractivity contribution in [2.75, 3.05) is 12.4 Å². The van der Waals surface area contributed by atoms with Crippen LogP contribution in [0.15, 0.2) is 59.3 Å². The second-order valence-electron chi connectivity index (χ2n) is 12.9. The summed E-state index contributed by atoms with van der Waals surface area (Å²) in [6.45, 7) is 11.3. The van der Waals surface area contributed by atoms with E-state index in [2.05, 4.69) is 68.6 Å². The van der Waals surface area contributed by atoms with E-state index in [0.29, 0.717) is 12.3 Å². The summed E-state index contributed by atoms with van der Waals surface area (Å²) in [4.78, 5) is 27.1. The molecule has 4 atom stereocenters. The van der Waals surface area contributed by atoms with E-state index in [1.165, 1.54) is 25.5 Å². The van der Waals surface area contributed by atoms with Crippen LogP contribution >= 0.6 is 0 Å². The topological polar surface area (TPSA) is 55.4 Å². The van der Waals surface area contributed by atoms with Gasteiger partial charge in [-0.15, -0.1) is 0 Å². The second kappa shape index (κ2) is 7.57. The molecule has 0 spiro atoms. The number of esters is 1. The smallest absolute Gasteiger partial charge is 0.315 e. The van der Waals surface area contributed by atoms with Crippen molar-refractivity contribution in [1.29, 1.82) is 0 Å². The van der Waals surface area contributed by atoms with Crippen molar-refractivity contribution in [1.82, 2.24) is 0 Å². The number of fused-ring (bicyclic) bond motifs is 5. The van der Waals surface area contributed by atoms with Crippen molar-refractivity contribution in [3.63, 3.8) is 0 Å². The van der Waals surface area contributed by atoms with Gasteiger partial charge >= 0.3 is 5.97 Å². The van der Waals surface area contributed by atoms with E-state index in [4.69, 9.17) is 4.74 Å². The number of carbonyl (C=O) groups excluding carboxylic acids is 2. The Morgan fingerprint density at radius 3 is 2.50 bits per heavy atom. The predicted molar refractivity (Wildman–Crippen MR) is 144 cm³/mol. The molecule has 3 aliphatic carbocycles. The van der Waals surface area contributed by atoms with Crippen LogP contribution in [0.5, 0.6) is 0 Å². The molecule has 2 aromatic rings. The maximum absolute atomic E-state index is 13.9. The Balaban J connectivity index is 1.63. The zero-order valence-corrected chi connectivity index (χ0v) is 22.3. The Hall–Kier alpha value is -2.88. The zero-order valence-electron chi connectivity index (χ0n) is 22.3. The summed E-state index contributed by atoms with van der Waals surface area (Å²) in [5.41, 5.74) is 4.97. The summed E-state index contributed by atoms with van der Waals surface area (Å²) in [5.74, 6) is -0.158. The van der Waals surface area contributed by atoms with Gasteiger partial charge in [0.1, 0.15) is 5.92 Å². The fourth-order valence-corrected chi connectivity index (χ4v) is 8.01. The van der Waals surface area contributed by atoms with Crippen molar-refractivity contribution in [3.8, 4) is 0 Å². The molecule has 2 unspecified atom stereocenters. The highest BCUT2D eigenvalue weighted by Crippen LogP contribution is 2.68. The Morgan fingerprint density at radius 2 is 1.83 bits per heavy atom. The number of methoxy groups -OCH3 is 1. The summed E-state index contributed by atoms with van der Waals surface area (Å²) in [5, 5.41) is 5.91. The van der Waals surface area contributed by atoms with Gasteiger partial charge in [-0.3, -0.25) is 9.59 Å². The van der Waals surface area contributed by atoms with E-state index in [0.717, 1.165) is 39.7 Å². The average Bonchev–Trinajstić information content (AvgIpc) is 3.16. The van der Waals surface area contributed by atoms with Crippen LogP contribution < -0.4 is 5.32 Å². The molecule has 2 bridgehead atoms. The van der Waals surface area contributed by atoms with Gasteiger partial charge in [-0.2, -0.15) is 0 Å². The molecule has 188 valence electrons. The fourth-order valence-electron chi connectivity index (χ4n) is 8.01. The first-order valence-corrected chi connectivity index (χ1v) is 13.3. The third kappa shape index (κ3) is 2.99. The molecule has 36 heavy (non-hydrogen) atoms. The molecule has 2 saturated carbocycles. The monoisotopic (exact) mass is 483 g/mol. The largest absolute Gasteiger partial charge is 0.468 e. The third-order valence-electron chi connectivity index (χ3n) is 10.6. The van der Waals surface area contributed by atoms with E-state index in [9.17, 15) is 9.59 Å². The van der Waals surface area contributed by atoms with E-state index in [-0.39, 0.29) is 28.5 Å². The number of nitrogens with one attached hydrogen (secondary N) is 1. The molecule has 1 N–H and O–H groups in total. The summed E-state index contributed by atoms with van der Waals surface area (Å²) in [6.07, 6.45) is 6.32. The lowest BCUT2D eigenvalue weighted by Gasteiger charge is -2.44. The summed E-state index contributed by atoms with van der Waals surface area (Å²) >= 11 is 0. The number of hydrogen-bond acceptors (Lipinski definition) is 4. The Labute approximate surface area is 214 Å². The highest BCUT2D eigenvalue weighted by molar-refractivity contribution is 6.06. The molecule has 4 nitrogen and oxygen atoms in total. The van der Waals surface area contributed by atoms with Gasteiger partial charge in [0.25, 0.3) is 0 Å². The van der Waals surface area contributed by atoms with E-state index < -0.39 is 11.3 Å². The van der Waals surface area contributed by atoms with Gasteiger partial charge < -0.3 is 10.1 Å². The van der Waals surface area contributed by atoms with Crippen LogP contribution in [0.4, 0.5) is 5.69 Å². The van der Waals surface area contributed by atoms with Crippen molar-refractivity contribution < 1.29 is 14.3 Å². The number of hydrogen-bond donors (Lipinski definition) is 1. The number of ether oxygens (including phenoxy) is 1. The molecule has 1 heterocycles. The van der Waals surface area contributed by atoms with Crippen LogP contribution in [-0.2, 0) is 14.3 Å². The molecule has 1 aliphatic heterocycles.